The molecule has 4 heteroatoms. The van der Waals surface area contributed by atoms with Crippen molar-refractivity contribution >= 4 is 27.6 Å². The highest BCUT2D eigenvalue weighted by Crippen LogP contribution is 2.20. The maximum atomic E-state index is 4.34. The van der Waals surface area contributed by atoms with Crippen LogP contribution in [0.4, 0.5) is 11.6 Å². The second kappa shape index (κ2) is 5.27. The molecule has 0 spiro atoms. The molecule has 1 heterocycles. The zero-order valence-corrected chi connectivity index (χ0v) is 11.5. The lowest BCUT2D eigenvalue weighted by Crippen LogP contribution is -2.13. The summed E-state index contributed by atoms with van der Waals surface area (Å²) in [6.07, 6.45) is 3.67. The molecule has 0 atom stereocenters. The summed E-state index contributed by atoms with van der Waals surface area (Å²) >= 11 is 3.38. The Morgan fingerprint density at radius 1 is 1.24 bits per heavy atom. The lowest BCUT2D eigenvalue weighted by atomic mass is 10.2. The summed E-state index contributed by atoms with van der Waals surface area (Å²) in [6, 6.07) is 8.27. The molecule has 0 aliphatic carbocycles. The van der Waals surface area contributed by atoms with Crippen LogP contribution < -0.4 is 4.90 Å². The van der Waals surface area contributed by atoms with Crippen molar-refractivity contribution in [3.63, 3.8) is 0 Å². The Hall–Kier alpha value is -1.42. The topological polar surface area (TPSA) is 29.0 Å². The fourth-order valence-corrected chi connectivity index (χ4v) is 1.83. The lowest BCUT2D eigenvalue weighted by molar-refractivity contribution is 1.02. The number of anilines is 2. The fourth-order valence-electron chi connectivity index (χ4n) is 1.54. The van der Waals surface area contributed by atoms with Gasteiger partial charge in [0.1, 0.15) is 0 Å². The smallest absolute Gasteiger partial charge is 0.229 e. The summed E-state index contributed by atoms with van der Waals surface area (Å²) in [5.74, 6) is 0.709. The Labute approximate surface area is 110 Å². The van der Waals surface area contributed by atoms with Gasteiger partial charge in [-0.2, -0.15) is 0 Å². The van der Waals surface area contributed by atoms with Gasteiger partial charge in [0, 0.05) is 30.5 Å². The largest absolute Gasteiger partial charge is 0.314 e. The standard InChI is InChI=1S/C13H14BrN3/c1-10-4-3-5-12(6-10)17(2)13-15-8-11(7-14)9-16-13/h3-6,8-9H,7H2,1-2H3. The molecule has 17 heavy (non-hydrogen) atoms. The maximum Gasteiger partial charge on any atom is 0.229 e. The van der Waals surface area contributed by atoms with Crippen molar-refractivity contribution in [3.05, 3.63) is 47.8 Å². The molecule has 2 rings (SSSR count). The van der Waals surface area contributed by atoms with Crippen LogP contribution in [-0.2, 0) is 5.33 Å². The molecule has 0 amide bonds. The lowest BCUT2D eigenvalue weighted by Gasteiger charge is -2.17. The third kappa shape index (κ3) is 2.82. The molecular weight excluding hydrogens is 278 g/mol. The third-order valence-electron chi connectivity index (χ3n) is 2.53. The van der Waals surface area contributed by atoms with Gasteiger partial charge in [-0.15, -0.1) is 0 Å². The molecular formula is C13H14BrN3. The average molecular weight is 292 g/mol. The molecule has 2 aromatic rings. The van der Waals surface area contributed by atoms with Crippen molar-refractivity contribution in [2.24, 2.45) is 0 Å². The van der Waals surface area contributed by atoms with Crippen LogP contribution in [0.1, 0.15) is 11.1 Å². The van der Waals surface area contributed by atoms with Crippen molar-refractivity contribution in [2.45, 2.75) is 12.3 Å². The molecule has 0 N–H and O–H groups in total. The van der Waals surface area contributed by atoms with E-state index in [-0.39, 0.29) is 0 Å². The van der Waals surface area contributed by atoms with Gasteiger partial charge in [-0.1, -0.05) is 28.1 Å². The summed E-state index contributed by atoms with van der Waals surface area (Å²) in [7, 11) is 1.97. The predicted molar refractivity (Wildman–Crippen MR) is 73.9 cm³/mol. The van der Waals surface area contributed by atoms with Crippen LogP contribution >= 0.6 is 15.9 Å². The Morgan fingerprint density at radius 3 is 2.53 bits per heavy atom. The zero-order chi connectivity index (χ0) is 12.3. The second-order valence-corrected chi connectivity index (χ2v) is 4.48. The molecule has 0 unspecified atom stereocenters. The van der Waals surface area contributed by atoms with Crippen molar-refractivity contribution < 1.29 is 0 Å². The molecule has 1 aromatic heterocycles. The quantitative estimate of drug-likeness (QED) is 0.811. The first kappa shape index (κ1) is 12.0. The Bertz CT molecular complexity index is 496. The number of hydrogen-bond donors (Lipinski definition) is 0. The van der Waals surface area contributed by atoms with Gasteiger partial charge in [-0.05, 0) is 30.2 Å². The van der Waals surface area contributed by atoms with Crippen molar-refractivity contribution in [1.82, 2.24) is 9.97 Å². The first-order valence-corrected chi connectivity index (χ1v) is 6.50. The van der Waals surface area contributed by atoms with Crippen LogP contribution in [0.5, 0.6) is 0 Å². The van der Waals surface area contributed by atoms with Crippen LogP contribution in [0.2, 0.25) is 0 Å². The number of alkyl halides is 1. The van der Waals surface area contributed by atoms with Gasteiger partial charge in [-0.25, -0.2) is 9.97 Å². The first-order valence-electron chi connectivity index (χ1n) is 5.38. The van der Waals surface area contributed by atoms with E-state index < -0.39 is 0 Å². The number of hydrogen-bond acceptors (Lipinski definition) is 3. The van der Waals surface area contributed by atoms with E-state index in [9.17, 15) is 0 Å². The van der Waals surface area contributed by atoms with E-state index in [4.69, 9.17) is 0 Å². The monoisotopic (exact) mass is 291 g/mol. The Morgan fingerprint density at radius 2 is 1.94 bits per heavy atom. The molecule has 1 aromatic carbocycles. The van der Waals surface area contributed by atoms with Crippen molar-refractivity contribution in [2.75, 3.05) is 11.9 Å². The molecule has 0 saturated carbocycles. The van der Waals surface area contributed by atoms with Crippen LogP contribution in [0, 0.1) is 6.92 Å². The van der Waals surface area contributed by atoms with Gasteiger partial charge in [0.25, 0.3) is 0 Å². The number of aromatic nitrogens is 2. The summed E-state index contributed by atoms with van der Waals surface area (Å²) in [4.78, 5) is 10.7. The minimum absolute atomic E-state index is 0.709. The second-order valence-electron chi connectivity index (χ2n) is 3.92. The summed E-state index contributed by atoms with van der Waals surface area (Å²) in [5.41, 5.74) is 3.40. The highest BCUT2D eigenvalue weighted by Gasteiger charge is 2.06. The molecule has 0 bridgehead atoms. The van der Waals surface area contributed by atoms with E-state index in [0.717, 1.165) is 16.6 Å². The molecule has 0 saturated heterocycles. The summed E-state index contributed by atoms with van der Waals surface area (Å²) < 4.78 is 0. The fraction of sp³-hybridized carbons (Fsp3) is 0.231. The Kier molecular flexibility index (Phi) is 3.74. The van der Waals surface area contributed by atoms with E-state index in [1.807, 2.05) is 30.4 Å². The van der Waals surface area contributed by atoms with Crippen LogP contribution in [0.3, 0.4) is 0 Å². The van der Waals surface area contributed by atoms with E-state index >= 15 is 0 Å². The minimum Gasteiger partial charge on any atom is -0.314 e. The van der Waals surface area contributed by atoms with E-state index in [0.29, 0.717) is 5.95 Å². The molecule has 0 aliphatic rings. The van der Waals surface area contributed by atoms with Gasteiger partial charge in [0.05, 0.1) is 0 Å². The summed E-state index contributed by atoms with van der Waals surface area (Å²) in [5, 5.41) is 0.779. The van der Waals surface area contributed by atoms with Gasteiger partial charge in [0.2, 0.25) is 5.95 Å². The third-order valence-corrected chi connectivity index (χ3v) is 3.18. The molecule has 0 fully saturated rings. The normalized spacial score (nSPS) is 10.3. The van der Waals surface area contributed by atoms with Gasteiger partial charge in [0.15, 0.2) is 0 Å². The number of aryl methyl sites for hydroxylation is 1. The van der Waals surface area contributed by atoms with Crippen LogP contribution in [0.25, 0.3) is 0 Å². The molecule has 0 aliphatic heterocycles. The maximum absolute atomic E-state index is 4.34. The highest BCUT2D eigenvalue weighted by atomic mass is 79.9. The van der Waals surface area contributed by atoms with Gasteiger partial charge in [-0.3, -0.25) is 0 Å². The molecule has 88 valence electrons. The predicted octanol–water partition coefficient (Wildman–Crippen LogP) is 3.45. The first-order chi connectivity index (χ1) is 8.20. The van der Waals surface area contributed by atoms with E-state index in [1.165, 1.54) is 5.56 Å². The highest BCUT2D eigenvalue weighted by molar-refractivity contribution is 9.08. The molecule has 0 radical (unpaired) electrons. The van der Waals surface area contributed by atoms with Gasteiger partial charge < -0.3 is 4.90 Å². The molecule has 3 nitrogen and oxygen atoms in total. The van der Waals surface area contributed by atoms with E-state index in [1.54, 1.807) is 0 Å². The van der Waals surface area contributed by atoms with Gasteiger partial charge >= 0.3 is 0 Å². The average Bonchev–Trinajstić information content (AvgIpc) is 2.38. The Balaban J connectivity index is 2.27. The number of nitrogens with zero attached hydrogens (tertiary/aromatic N) is 3. The number of rotatable bonds is 3. The number of benzene rings is 1. The summed E-state index contributed by atoms with van der Waals surface area (Å²) in [6.45, 7) is 2.08. The van der Waals surface area contributed by atoms with Crippen molar-refractivity contribution in [1.29, 1.82) is 0 Å². The number of halogens is 1. The SMILES string of the molecule is Cc1cccc(N(C)c2ncc(CBr)cn2)c1. The van der Waals surface area contributed by atoms with Crippen molar-refractivity contribution in [3.8, 4) is 0 Å². The van der Waals surface area contributed by atoms with Crippen LogP contribution in [-0.4, -0.2) is 17.0 Å². The zero-order valence-electron chi connectivity index (χ0n) is 9.89. The van der Waals surface area contributed by atoms with E-state index in [2.05, 4.69) is 51.0 Å². The minimum atomic E-state index is 0.709. The van der Waals surface area contributed by atoms with Crippen LogP contribution in [0.15, 0.2) is 36.7 Å².